The number of ether oxygens (including phenoxy) is 2. The van der Waals surface area contributed by atoms with E-state index in [1.54, 1.807) is 16.8 Å². The van der Waals surface area contributed by atoms with Crippen LogP contribution in [0.4, 0.5) is 5.95 Å². The molecule has 8 nitrogen and oxygen atoms in total. The zero-order chi connectivity index (χ0) is 18.4. The molecule has 1 atom stereocenters. The lowest BCUT2D eigenvalue weighted by atomic mass is 9.91. The Bertz CT molecular complexity index is 1070. The first-order valence-electron chi connectivity index (χ1n) is 8.44. The Kier molecular flexibility index (Phi) is 3.43. The van der Waals surface area contributed by atoms with Gasteiger partial charge in [0.2, 0.25) is 5.95 Å². The van der Waals surface area contributed by atoms with Gasteiger partial charge in [-0.15, -0.1) is 0 Å². The molecular formula is C19H15N5O3. The third-order valence-corrected chi connectivity index (χ3v) is 4.81. The molecular weight excluding hydrogens is 346 g/mol. The van der Waals surface area contributed by atoms with Gasteiger partial charge in [-0.2, -0.15) is 4.68 Å². The molecule has 27 heavy (non-hydrogen) atoms. The van der Waals surface area contributed by atoms with Gasteiger partial charge in [0.15, 0.2) is 0 Å². The Labute approximate surface area is 154 Å². The standard InChI is InChI=1S/C19H15N5O3/c1-26-18(25)12-8-6-11(7-9-12)17-14-10-27-15-5-3-2-4-13(15)16(14)20-19-21-22-23-24(17)19/h2-9,17H,10H2,1H3,(H,20,21,23)/t17-/m0/s1. The predicted octanol–water partition coefficient (Wildman–Crippen LogP) is 2.28. The lowest BCUT2D eigenvalue weighted by Crippen LogP contribution is -2.30. The molecule has 0 saturated heterocycles. The molecule has 0 saturated carbocycles. The number of carbonyl (C=O) groups excluding carboxylic acids is 1. The van der Waals surface area contributed by atoms with Crippen LogP contribution in [-0.2, 0) is 4.74 Å². The summed E-state index contributed by atoms with van der Waals surface area (Å²) in [5, 5.41) is 15.4. The Hall–Kier alpha value is -3.68. The predicted molar refractivity (Wildman–Crippen MR) is 96.2 cm³/mol. The second-order valence-electron chi connectivity index (χ2n) is 6.27. The van der Waals surface area contributed by atoms with E-state index >= 15 is 0 Å². The fourth-order valence-electron chi connectivity index (χ4n) is 3.53. The first-order chi connectivity index (χ1) is 13.3. The topological polar surface area (TPSA) is 91.2 Å². The zero-order valence-corrected chi connectivity index (χ0v) is 14.4. The van der Waals surface area contributed by atoms with Crippen molar-refractivity contribution in [3.8, 4) is 5.75 Å². The average Bonchev–Trinajstić information content (AvgIpc) is 3.19. The van der Waals surface area contributed by atoms with Gasteiger partial charge in [0, 0.05) is 11.1 Å². The molecule has 3 aromatic rings. The van der Waals surface area contributed by atoms with Gasteiger partial charge in [0.25, 0.3) is 0 Å². The van der Waals surface area contributed by atoms with Gasteiger partial charge in [-0.25, -0.2) is 4.79 Å². The molecule has 3 heterocycles. The van der Waals surface area contributed by atoms with Crippen molar-refractivity contribution in [2.45, 2.75) is 6.04 Å². The van der Waals surface area contributed by atoms with Gasteiger partial charge in [-0.1, -0.05) is 29.4 Å². The van der Waals surface area contributed by atoms with E-state index in [1.807, 2.05) is 36.4 Å². The largest absolute Gasteiger partial charge is 0.488 e. The number of esters is 1. The number of hydrogen-bond acceptors (Lipinski definition) is 7. The number of nitrogens with one attached hydrogen (secondary N) is 1. The number of nitrogens with zero attached hydrogens (tertiary/aromatic N) is 4. The highest BCUT2D eigenvalue weighted by Crippen LogP contribution is 2.42. The Morgan fingerprint density at radius 1 is 1.22 bits per heavy atom. The van der Waals surface area contributed by atoms with E-state index in [2.05, 4.69) is 20.8 Å². The van der Waals surface area contributed by atoms with Crippen LogP contribution < -0.4 is 10.1 Å². The molecule has 2 aliphatic rings. The Balaban J connectivity index is 1.65. The summed E-state index contributed by atoms with van der Waals surface area (Å²) in [4.78, 5) is 11.7. The lowest BCUT2D eigenvalue weighted by Gasteiger charge is -2.33. The molecule has 0 unspecified atom stereocenters. The van der Waals surface area contributed by atoms with Gasteiger partial charge >= 0.3 is 5.97 Å². The molecule has 1 aromatic heterocycles. The van der Waals surface area contributed by atoms with E-state index in [9.17, 15) is 4.79 Å². The number of benzene rings is 2. The SMILES string of the molecule is COC(=O)c1ccc([C@H]2C3=C(Nc4nnnn42)c2ccccc2OC3)cc1. The normalized spacial score (nSPS) is 17.1. The maximum absolute atomic E-state index is 11.7. The van der Waals surface area contributed by atoms with Crippen LogP contribution in [0.5, 0.6) is 5.75 Å². The molecule has 0 fully saturated rings. The molecule has 0 radical (unpaired) electrons. The van der Waals surface area contributed by atoms with E-state index < -0.39 is 0 Å². The summed E-state index contributed by atoms with van der Waals surface area (Å²) in [6.07, 6.45) is 0. The van der Waals surface area contributed by atoms with Crippen molar-refractivity contribution >= 4 is 17.6 Å². The zero-order valence-electron chi connectivity index (χ0n) is 14.4. The number of hydrogen-bond donors (Lipinski definition) is 1. The van der Waals surface area contributed by atoms with Gasteiger partial charge in [0.05, 0.1) is 18.4 Å². The van der Waals surface area contributed by atoms with Crippen molar-refractivity contribution in [3.05, 3.63) is 70.8 Å². The van der Waals surface area contributed by atoms with Crippen LogP contribution in [0, 0.1) is 0 Å². The number of rotatable bonds is 2. The minimum Gasteiger partial charge on any atom is -0.488 e. The van der Waals surface area contributed by atoms with Gasteiger partial charge in [-0.3, -0.25) is 0 Å². The fraction of sp³-hybridized carbons (Fsp3) is 0.158. The number of aromatic nitrogens is 4. The summed E-state index contributed by atoms with van der Waals surface area (Å²) in [6, 6.07) is 14.9. The number of methoxy groups -OCH3 is 1. The number of para-hydroxylation sites is 1. The summed E-state index contributed by atoms with van der Waals surface area (Å²) in [6.45, 7) is 0.419. The summed E-state index contributed by atoms with van der Waals surface area (Å²) >= 11 is 0. The number of tetrazole rings is 1. The van der Waals surface area contributed by atoms with Crippen molar-refractivity contribution in [2.24, 2.45) is 0 Å². The minimum atomic E-state index is -0.371. The van der Waals surface area contributed by atoms with Gasteiger partial charge in [-0.05, 0) is 40.3 Å². The van der Waals surface area contributed by atoms with Crippen LogP contribution in [0.25, 0.3) is 5.70 Å². The molecule has 0 amide bonds. The van der Waals surface area contributed by atoms with Gasteiger partial charge < -0.3 is 14.8 Å². The van der Waals surface area contributed by atoms with Crippen molar-refractivity contribution in [1.29, 1.82) is 0 Å². The van der Waals surface area contributed by atoms with Crippen LogP contribution in [0.1, 0.15) is 27.5 Å². The first-order valence-corrected chi connectivity index (χ1v) is 8.44. The average molecular weight is 361 g/mol. The highest BCUT2D eigenvalue weighted by atomic mass is 16.5. The van der Waals surface area contributed by atoms with E-state index in [-0.39, 0.29) is 12.0 Å². The monoisotopic (exact) mass is 361 g/mol. The van der Waals surface area contributed by atoms with Crippen molar-refractivity contribution in [2.75, 3.05) is 19.0 Å². The van der Waals surface area contributed by atoms with Crippen molar-refractivity contribution in [3.63, 3.8) is 0 Å². The first kappa shape index (κ1) is 15.6. The molecule has 8 heteroatoms. The smallest absolute Gasteiger partial charge is 0.337 e. The molecule has 0 aliphatic carbocycles. The van der Waals surface area contributed by atoms with E-state index in [1.165, 1.54) is 7.11 Å². The number of anilines is 1. The van der Waals surface area contributed by atoms with Crippen LogP contribution in [-0.4, -0.2) is 39.9 Å². The molecule has 0 spiro atoms. The van der Waals surface area contributed by atoms with E-state index in [0.717, 1.165) is 28.1 Å². The van der Waals surface area contributed by atoms with Crippen molar-refractivity contribution in [1.82, 2.24) is 20.2 Å². The second kappa shape index (κ2) is 5.94. The number of fused-ring (bicyclic) bond motifs is 3. The van der Waals surface area contributed by atoms with Gasteiger partial charge in [0.1, 0.15) is 18.4 Å². The quantitative estimate of drug-likeness (QED) is 0.700. The molecule has 1 N–H and O–H groups in total. The maximum Gasteiger partial charge on any atom is 0.337 e. The summed E-state index contributed by atoms with van der Waals surface area (Å²) < 4.78 is 12.5. The van der Waals surface area contributed by atoms with E-state index in [0.29, 0.717) is 18.1 Å². The molecule has 2 aromatic carbocycles. The molecule has 5 rings (SSSR count). The lowest BCUT2D eigenvalue weighted by molar-refractivity contribution is 0.0600. The molecule has 2 aliphatic heterocycles. The Morgan fingerprint density at radius 3 is 2.85 bits per heavy atom. The summed E-state index contributed by atoms with van der Waals surface area (Å²) in [5.41, 5.74) is 4.41. The molecule has 0 bridgehead atoms. The minimum absolute atomic E-state index is 0.230. The third kappa shape index (κ3) is 2.37. The summed E-state index contributed by atoms with van der Waals surface area (Å²) in [7, 11) is 1.37. The third-order valence-electron chi connectivity index (χ3n) is 4.81. The van der Waals surface area contributed by atoms with E-state index in [4.69, 9.17) is 9.47 Å². The highest BCUT2D eigenvalue weighted by Gasteiger charge is 2.35. The van der Waals surface area contributed by atoms with Crippen LogP contribution in [0.15, 0.2) is 54.1 Å². The molecule has 134 valence electrons. The summed E-state index contributed by atoms with van der Waals surface area (Å²) in [5.74, 6) is 1.02. The fourth-order valence-corrected chi connectivity index (χ4v) is 3.53. The van der Waals surface area contributed by atoms with Crippen LogP contribution in [0.3, 0.4) is 0 Å². The van der Waals surface area contributed by atoms with Crippen LogP contribution >= 0.6 is 0 Å². The van der Waals surface area contributed by atoms with Crippen LogP contribution in [0.2, 0.25) is 0 Å². The Morgan fingerprint density at radius 2 is 2.04 bits per heavy atom. The van der Waals surface area contributed by atoms with Crippen molar-refractivity contribution < 1.29 is 14.3 Å². The number of carbonyl (C=O) groups is 1. The second-order valence-corrected chi connectivity index (χ2v) is 6.27. The highest BCUT2D eigenvalue weighted by molar-refractivity contribution is 5.89. The maximum atomic E-state index is 11.7.